The van der Waals surface area contributed by atoms with Crippen LogP contribution in [0, 0.1) is 11.3 Å². The smallest absolute Gasteiger partial charge is 0.330 e. The third kappa shape index (κ3) is 1.61. The van der Waals surface area contributed by atoms with Gasteiger partial charge in [0.1, 0.15) is 0 Å². The lowest BCUT2D eigenvalue weighted by Crippen LogP contribution is -2.05. The molecule has 0 aromatic carbocycles. The zero-order chi connectivity index (χ0) is 12.1. The van der Waals surface area contributed by atoms with Crippen molar-refractivity contribution in [2.45, 2.75) is 25.9 Å². The van der Waals surface area contributed by atoms with E-state index in [-0.39, 0.29) is 17.3 Å². The summed E-state index contributed by atoms with van der Waals surface area (Å²) in [5, 5.41) is 5.76. The van der Waals surface area contributed by atoms with Crippen molar-refractivity contribution in [3.8, 4) is 0 Å². The van der Waals surface area contributed by atoms with Crippen LogP contribution in [-0.2, 0) is 6.18 Å². The molecule has 0 bridgehead atoms. The van der Waals surface area contributed by atoms with Gasteiger partial charge in [-0.25, -0.2) is 0 Å². The Balaban J connectivity index is 2.22. The first-order valence-corrected chi connectivity index (χ1v) is 5.11. The fourth-order valence-electron chi connectivity index (χ4n) is 2.44. The first-order chi connectivity index (χ1) is 7.28. The van der Waals surface area contributed by atoms with Gasteiger partial charge in [0.2, 0.25) is 0 Å². The fourth-order valence-corrected chi connectivity index (χ4v) is 2.44. The largest absolute Gasteiger partial charge is 0.435 e. The SMILES string of the molecule is CC1(C)[C@@H](CN)[C@@H]1c1cc(C(F)(F)F)n[nH]1. The minimum absolute atomic E-state index is 0.0375. The van der Waals surface area contributed by atoms with Gasteiger partial charge in [-0.05, 0) is 23.9 Å². The Morgan fingerprint density at radius 1 is 1.50 bits per heavy atom. The minimum Gasteiger partial charge on any atom is -0.330 e. The van der Waals surface area contributed by atoms with Crippen molar-refractivity contribution in [3.05, 3.63) is 17.5 Å². The van der Waals surface area contributed by atoms with E-state index in [9.17, 15) is 13.2 Å². The topological polar surface area (TPSA) is 54.7 Å². The van der Waals surface area contributed by atoms with Gasteiger partial charge >= 0.3 is 6.18 Å². The van der Waals surface area contributed by atoms with Crippen LogP contribution in [0.2, 0.25) is 0 Å². The van der Waals surface area contributed by atoms with Crippen molar-refractivity contribution in [2.24, 2.45) is 17.1 Å². The van der Waals surface area contributed by atoms with Crippen molar-refractivity contribution in [1.82, 2.24) is 10.2 Å². The zero-order valence-electron chi connectivity index (χ0n) is 9.10. The number of hydrogen-bond acceptors (Lipinski definition) is 2. The standard InChI is InChI=1S/C10H14F3N3/c1-9(2)5(4-14)8(9)6-3-7(16-15-6)10(11,12)13/h3,5,8H,4,14H2,1-2H3,(H,15,16)/t5-,8+/m0/s1. The lowest BCUT2D eigenvalue weighted by Gasteiger charge is -2.00. The molecule has 1 saturated carbocycles. The van der Waals surface area contributed by atoms with Crippen molar-refractivity contribution in [2.75, 3.05) is 6.54 Å². The van der Waals surface area contributed by atoms with Gasteiger partial charge in [-0.2, -0.15) is 18.3 Å². The first-order valence-electron chi connectivity index (χ1n) is 5.11. The summed E-state index contributed by atoms with van der Waals surface area (Å²) in [7, 11) is 0. The summed E-state index contributed by atoms with van der Waals surface area (Å²) < 4.78 is 37.0. The normalized spacial score (nSPS) is 28.1. The second-order valence-corrected chi connectivity index (χ2v) is 4.85. The van der Waals surface area contributed by atoms with Gasteiger partial charge < -0.3 is 5.73 Å². The number of hydrogen-bond donors (Lipinski definition) is 2. The number of rotatable bonds is 2. The molecule has 90 valence electrons. The van der Waals surface area contributed by atoms with Crippen LogP contribution in [0.3, 0.4) is 0 Å². The van der Waals surface area contributed by atoms with Gasteiger partial charge in [-0.1, -0.05) is 13.8 Å². The quantitative estimate of drug-likeness (QED) is 0.822. The Hall–Kier alpha value is -1.04. The monoisotopic (exact) mass is 233 g/mol. The Labute approximate surface area is 91.2 Å². The zero-order valence-corrected chi connectivity index (χ0v) is 9.10. The molecule has 6 heteroatoms. The first kappa shape index (κ1) is 11.4. The highest BCUT2D eigenvalue weighted by Crippen LogP contribution is 2.63. The number of aromatic amines is 1. The second-order valence-electron chi connectivity index (χ2n) is 4.85. The minimum atomic E-state index is -4.38. The maximum absolute atomic E-state index is 12.3. The summed E-state index contributed by atoms with van der Waals surface area (Å²) in [4.78, 5) is 0. The molecule has 16 heavy (non-hydrogen) atoms. The Kier molecular flexibility index (Phi) is 2.31. The molecule has 2 rings (SSSR count). The summed E-state index contributed by atoms with van der Waals surface area (Å²) in [6.45, 7) is 4.49. The summed E-state index contributed by atoms with van der Waals surface area (Å²) >= 11 is 0. The molecular formula is C10H14F3N3. The molecule has 2 atom stereocenters. The molecule has 0 radical (unpaired) electrons. The number of aromatic nitrogens is 2. The molecule has 1 aliphatic carbocycles. The van der Waals surface area contributed by atoms with Gasteiger partial charge in [0.15, 0.2) is 5.69 Å². The van der Waals surface area contributed by atoms with E-state index in [0.717, 1.165) is 6.07 Å². The molecule has 3 nitrogen and oxygen atoms in total. The van der Waals surface area contributed by atoms with Crippen LogP contribution in [0.1, 0.15) is 31.2 Å². The van der Waals surface area contributed by atoms with Crippen LogP contribution in [0.4, 0.5) is 13.2 Å². The van der Waals surface area contributed by atoms with E-state index >= 15 is 0 Å². The van der Waals surface area contributed by atoms with E-state index in [0.29, 0.717) is 12.2 Å². The predicted molar refractivity (Wildman–Crippen MR) is 52.7 cm³/mol. The lowest BCUT2D eigenvalue weighted by molar-refractivity contribution is -0.141. The van der Waals surface area contributed by atoms with Crippen LogP contribution in [0.15, 0.2) is 6.07 Å². The third-order valence-corrected chi connectivity index (χ3v) is 3.53. The van der Waals surface area contributed by atoms with Crippen LogP contribution in [-0.4, -0.2) is 16.7 Å². The molecule has 0 amide bonds. The number of nitrogens with two attached hydrogens (primary N) is 1. The van der Waals surface area contributed by atoms with Crippen molar-refractivity contribution >= 4 is 0 Å². The van der Waals surface area contributed by atoms with Crippen LogP contribution >= 0.6 is 0 Å². The number of nitrogens with zero attached hydrogens (tertiary/aromatic N) is 1. The maximum Gasteiger partial charge on any atom is 0.435 e. The van der Waals surface area contributed by atoms with Crippen LogP contribution < -0.4 is 5.73 Å². The fraction of sp³-hybridized carbons (Fsp3) is 0.700. The average molecular weight is 233 g/mol. The number of alkyl halides is 3. The van der Waals surface area contributed by atoms with E-state index in [1.807, 2.05) is 13.8 Å². The number of H-pyrrole nitrogens is 1. The maximum atomic E-state index is 12.3. The number of nitrogens with one attached hydrogen (secondary N) is 1. The Morgan fingerprint density at radius 2 is 2.12 bits per heavy atom. The van der Waals surface area contributed by atoms with Gasteiger partial charge in [0.25, 0.3) is 0 Å². The van der Waals surface area contributed by atoms with E-state index < -0.39 is 11.9 Å². The highest BCUT2D eigenvalue weighted by molar-refractivity contribution is 5.28. The van der Waals surface area contributed by atoms with E-state index in [1.165, 1.54) is 0 Å². The molecule has 0 unspecified atom stereocenters. The van der Waals surface area contributed by atoms with Gasteiger partial charge in [-0.15, -0.1) is 0 Å². The molecule has 1 heterocycles. The second kappa shape index (κ2) is 3.23. The van der Waals surface area contributed by atoms with Crippen molar-refractivity contribution < 1.29 is 13.2 Å². The summed E-state index contributed by atoms with van der Waals surface area (Å²) in [6.07, 6.45) is -4.38. The molecule has 1 aromatic rings. The molecule has 3 N–H and O–H groups in total. The Morgan fingerprint density at radius 3 is 2.50 bits per heavy atom. The highest BCUT2D eigenvalue weighted by atomic mass is 19.4. The molecule has 0 spiro atoms. The molecule has 0 saturated heterocycles. The molecule has 1 fully saturated rings. The van der Waals surface area contributed by atoms with Gasteiger partial charge in [0.05, 0.1) is 0 Å². The molecule has 1 aromatic heterocycles. The lowest BCUT2D eigenvalue weighted by atomic mass is 10.1. The predicted octanol–water partition coefficient (Wildman–Crippen LogP) is 2.13. The van der Waals surface area contributed by atoms with Gasteiger partial charge in [-0.3, -0.25) is 5.10 Å². The molecular weight excluding hydrogens is 219 g/mol. The van der Waals surface area contributed by atoms with Crippen LogP contribution in [0.25, 0.3) is 0 Å². The summed E-state index contributed by atoms with van der Waals surface area (Å²) in [5.41, 5.74) is 5.21. The average Bonchev–Trinajstić information content (AvgIpc) is 2.57. The molecule has 0 aliphatic heterocycles. The van der Waals surface area contributed by atoms with Crippen LogP contribution in [0.5, 0.6) is 0 Å². The summed E-state index contributed by atoms with van der Waals surface area (Å²) in [6, 6.07) is 1.09. The van der Waals surface area contributed by atoms with Gasteiger partial charge in [0, 0.05) is 11.6 Å². The van der Waals surface area contributed by atoms with E-state index in [1.54, 1.807) is 0 Å². The van der Waals surface area contributed by atoms with E-state index in [2.05, 4.69) is 10.2 Å². The van der Waals surface area contributed by atoms with Crippen molar-refractivity contribution in [3.63, 3.8) is 0 Å². The van der Waals surface area contributed by atoms with Crippen molar-refractivity contribution in [1.29, 1.82) is 0 Å². The molecule has 1 aliphatic rings. The van der Waals surface area contributed by atoms with E-state index in [4.69, 9.17) is 5.73 Å². The highest BCUT2D eigenvalue weighted by Gasteiger charge is 2.58. The number of halogens is 3. The Bertz CT molecular complexity index is 394. The third-order valence-electron chi connectivity index (χ3n) is 3.53. The summed E-state index contributed by atoms with van der Waals surface area (Å²) in [5.74, 6) is 0.287.